The molecule has 1 aliphatic rings. The Bertz CT molecular complexity index is 1420. The van der Waals surface area contributed by atoms with Gasteiger partial charge in [0.05, 0.1) is 23.4 Å². The molecule has 5 rings (SSSR count). The van der Waals surface area contributed by atoms with Crippen molar-refractivity contribution < 1.29 is 27.8 Å². The number of nitrogens with one attached hydrogen (secondary N) is 1. The van der Waals surface area contributed by atoms with Crippen LogP contribution in [0.4, 0.5) is 13.2 Å². The number of carbonyl (C=O) groups is 1. The van der Waals surface area contributed by atoms with Crippen molar-refractivity contribution in [1.82, 2.24) is 14.7 Å². The highest BCUT2D eigenvalue weighted by Gasteiger charge is 2.33. The summed E-state index contributed by atoms with van der Waals surface area (Å²) in [7, 11) is 0. The van der Waals surface area contributed by atoms with Gasteiger partial charge in [0.1, 0.15) is 18.1 Å². The summed E-state index contributed by atoms with van der Waals surface area (Å²) < 4.78 is 48.5. The summed E-state index contributed by atoms with van der Waals surface area (Å²) in [4.78, 5) is 17.6. The highest BCUT2D eigenvalue weighted by molar-refractivity contribution is 5.95. The largest absolute Gasteiger partial charge is 0.485 e. The zero-order valence-electron chi connectivity index (χ0n) is 18.1. The van der Waals surface area contributed by atoms with Crippen LogP contribution in [0.25, 0.3) is 5.65 Å². The van der Waals surface area contributed by atoms with Crippen molar-refractivity contribution in [1.29, 1.82) is 0 Å². The van der Waals surface area contributed by atoms with E-state index in [4.69, 9.17) is 4.74 Å². The molecule has 9 heteroatoms. The lowest BCUT2D eigenvalue weighted by Gasteiger charge is -2.18. The number of nitrogens with zero attached hydrogens (tertiary/aromatic N) is 2. The summed E-state index contributed by atoms with van der Waals surface area (Å²) in [6.07, 6.45) is 1.30. The van der Waals surface area contributed by atoms with Gasteiger partial charge in [0.25, 0.3) is 5.91 Å². The van der Waals surface area contributed by atoms with Crippen LogP contribution in [0.2, 0.25) is 0 Å². The SMILES string of the molecule is Cc1nc2c(OCc3c(F)ccc(F)c3F)cccn2c1C(=O)N[C@@H]1c2ccccc2C[C@@H]1O. The Kier molecular flexibility index (Phi) is 5.49. The maximum Gasteiger partial charge on any atom is 0.270 e. The molecule has 2 atom stereocenters. The first kappa shape index (κ1) is 22.0. The number of rotatable bonds is 5. The zero-order chi connectivity index (χ0) is 24.0. The third kappa shape index (κ3) is 3.67. The van der Waals surface area contributed by atoms with Crippen LogP contribution in [0.3, 0.4) is 0 Å². The van der Waals surface area contributed by atoms with E-state index in [0.29, 0.717) is 18.2 Å². The number of aliphatic hydroxyl groups is 1. The van der Waals surface area contributed by atoms with Gasteiger partial charge >= 0.3 is 0 Å². The number of ether oxygens (including phenoxy) is 1. The fraction of sp³-hybridized carbons (Fsp3) is 0.200. The highest BCUT2D eigenvalue weighted by Crippen LogP contribution is 2.32. The molecule has 1 aliphatic carbocycles. The lowest BCUT2D eigenvalue weighted by Crippen LogP contribution is -2.34. The van der Waals surface area contributed by atoms with Gasteiger partial charge in [-0.3, -0.25) is 9.20 Å². The first-order chi connectivity index (χ1) is 16.3. The second-order valence-corrected chi connectivity index (χ2v) is 8.14. The molecule has 0 spiro atoms. The molecule has 0 saturated heterocycles. The molecule has 0 bridgehead atoms. The molecule has 174 valence electrons. The summed E-state index contributed by atoms with van der Waals surface area (Å²) in [5.41, 5.74) is 2.19. The van der Waals surface area contributed by atoms with Crippen molar-refractivity contribution in [3.63, 3.8) is 0 Å². The number of aliphatic hydroxyl groups excluding tert-OH is 1. The molecule has 0 saturated carbocycles. The van der Waals surface area contributed by atoms with E-state index in [-0.39, 0.29) is 17.1 Å². The van der Waals surface area contributed by atoms with E-state index in [1.165, 1.54) is 10.5 Å². The predicted octanol–water partition coefficient (Wildman–Crippen LogP) is 4.03. The van der Waals surface area contributed by atoms with Crippen molar-refractivity contribution >= 4 is 11.6 Å². The topological polar surface area (TPSA) is 75.9 Å². The number of hydrogen-bond acceptors (Lipinski definition) is 4. The Labute approximate surface area is 192 Å². The van der Waals surface area contributed by atoms with Gasteiger partial charge < -0.3 is 15.2 Å². The van der Waals surface area contributed by atoms with E-state index < -0.39 is 47.7 Å². The molecule has 0 aliphatic heterocycles. The number of pyridine rings is 1. The monoisotopic (exact) mass is 467 g/mol. The minimum absolute atomic E-state index is 0.166. The molecule has 2 aromatic heterocycles. The maximum atomic E-state index is 14.0. The number of fused-ring (bicyclic) bond motifs is 2. The van der Waals surface area contributed by atoms with Crippen LogP contribution in [-0.4, -0.2) is 26.5 Å². The number of aromatic nitrogens is 2. The smallest absolute Gasteiger partial charge is 0.270 e. The van der Waals surface area contributed by atoms with E-state index in [1.807, 2.05) is 24.3 Å². The fourth-order valence-electron chi connectivity index (χ4n) is 4.35. The van der Waals surface area contributed by atoms with Gasteiger partial charge in [0.2, 0.25) is 0 Å². The van der Waals surface area contributed by atoms with E-state index in [1.54, 1.807) is 19.2 Å². The van der Waals surface area contributed by atoms with Crippen molar-refractivity contribution in [3.05, 3.63) is 100 Å². The average molecular weight is 467 g/mol. The molecule has 1 amide bonds. The van der Waals surface area contributed by atoms with Crippen molar-refractivity contribution in [2.75, 3.05) is 0 Å². The van der Waals surface area contributed by atoms with Gasteiger partial charge in [-0.25, -0.2) is 18.2 Å². The molecule has 4 aromatic rings. The molecule has 2 heterocycles. The van der Waals surface area contributed by atoms with Gasteiger partial charge in [0, 0.05) is 12.6 Å². The zero-order valence-corrected chi connectivity index (χ0v) is 18.1. The van der Waals surface area contributed by atoms with Gasteiger partial charge in [-0.05, 0) is 42.3 Å². The second kappa shape index (κ2) is 8.49. The Morgan fingerprint density at radius 1 is 1.15 bits per heavy atom. The van der Waals surface area contributed by atoms with Gasteiger partial charge in [-0.2, -0.15) is 0 Å². The lowest BCUT2D eigenvalue weighted by atomic mass is 10.1. The third-order valence-corrected chi connectivity index (χ3v) is 6.01. The van der Waals surface area contributed by atoms with Crippen LogP contribution in [-0.2, 0) is 13.0 Å². The van der Waals surface area contributed by atoms with Crippen LogP contribution in [0.15, 0.2) is 54.7 Å². The molecular weight excluding hydrogens is 447 g/mol. The number of imidazole rings is 1. The summed E-state index contributed by atoms with van der Waals surface area (Å²) >= 11 is 0. The average Bonchev–Trinajstić information content (AvgIpc) is 3.32. The number of aryl methyl sites for hydroxylation is 1. The van der Waals surface area contributed by atoms with Crippen LogP contribution in [0.1, 0.15) is 38.9 Å². The Morgan fingerprint density at radius 3 is 2.74 bits per heavy atom. The molecule has 34 heavy (non-hydrogen) atoms. The Hall–Kier alpha value is -3.85. The minimum Gasteiger partial charge on any atom is -0.485 e. The molecule has 6 nitrogen and oxygen atoms in total. The lowest BCUT2D eigenvalue weighted by molar-refractivity contribution is 0.0852. The van der Waals surface area contributed by atoms with E-state index in [0.717, 1.165) is 17.2 Å². The van der Waals surface area contributed by atoms with Crippen molar-refractivity contribution in [3.8, 4) is 5.75 Å². The summed E-state index contributed by atoms with van der Waals surface area (Å²) in [5, 5.41) is 13.4. The van der Waals surface area contributed by atoms with Crippen LogP contribution >= 0.6 is 0 Å². The Morgan fingerprint density at radius 2 is 1.91 bits per heavy atom. The van der Waals surface area contributed by atoms with Crippen LogP contribution < -0.4 is 10.1 Å². The first-order valence-electron chi connectivity index (χ1n) is 10.6. The molecular formula is C25H20F3N3O3. The molecule has 2 N–H and O–H groups in total. The predicted molar refractivity (Wildman–Crippen MR) is 117 cm³/mol. The van der Waals surface area contributed by atoms with E-state index in [9.17, 15) is 23.1 Å². The van der Waals surface area contributed by atoms with Crippen molar-refractivity contribution in [2.24, 2.45) is 0 Å². The van der Waals surface area contributed by atoms with E-state index >= 15 is 0 Å². The maximum absolute atomic E-state index is 14.0. The van der Waals surface area contributed by atoms with Crippen LogP contribution in [0, 0.1) is 24.4 Å². The standard InChI is InChI=1S/C25H20F3N3O3/c1-13-23(25(33)30-22-15-6-3-2-5-14(15)11-19(22)32)31-10-4-7-20(24(31)29-13)34-12-16-17(26)8-9-18(27)21(16)28/h2-10,19,22,32H,11-12H2,1H3,(H,30,33)/t19-,22+/m0/s1. The fourth-order valence-corrected chi connectivity index (χ4v) is 4.35. The Balaban J connectivity index is 1.43. The quantitative estimate of drug-likeness (QED) is 0.435. The number of hydrogen-bond donors (Lipinski definition) is 2. The number of benzene rings is 2. The summed E-state index contributed by atoms with van der Waals surface area (Å²) in [6, 6.07) is 11.6. The second-order valence-electron chi connectivity index (χ2n) is 8.14. The summed E-state index contributed by atoms with van der Waals surface area (Å²) in [6.45, 7) is 1.09. The number of amides is 1. The van der Waals surface area contributed by atoms with Gasteiger partial charge in [-0.15, -0.1) is 0 Å². The number of carbonyl (C=O) groups excluding carboxylic acids is 1. The van der Waals surface area contributed by atoms with Gasteiger partial charge in [0.15, 0.2) is 23.0 Å². The number of halogens is 3. The molecule has 0 fully saturated rings. The van der Waals surface area contributed by atoms with E-state index in [2.05, 4.69) is 10.3 Å². The van der Waals surface area contributed by atoms with Crippen LogP contribution in [0.5, 0.6) is 5.75 Å². The first-order valence-corrected chi connectivity index (χ1v) is 10.6. The highest BCUT2D eigenvalue weighted by atomic mass is 19.2. The third-order valence-electron chi connectivity index (χ3n) is 6.01. The van der Waals surface area contributed by atoms with Crippen molar-refractivity contribution in [2.45, 2.75) is 32.1 Å². The summed E-state index contributed by atoms with van der Waals surface area (Å²) in [5.74, 6) is -3.70. The minimum atomic E-state index is -1.32. The molecule has 2 aromatic carbocycles. The molecule has 0 unspecified atom stereocenters. The normalized spacial score (nSPS) is 17.1. The van der Waals surface area contributed by atoms with Gasteiger partial charge in [-0.1, -0.05) is 24.3 Å². The molecule has 0 radical (unpaired) electrons.